The zero-order valence-corrected chi connectivity index (χ0v) is 13.7. The molecule has 4 nitrogen and oxygen atoms in total. The molecule has 2 aromatic carbocycles. The van der Waals surface area contributed by atoms with Gasteiger partial charge in [-0.2, -0.15) is 0 Å². The molecule has 1 unspecified atom stereocenters. The lowest BCUT2D eigenvalue weighted by atomic mass is 9.93. The number of rotatable bonds is 9. The van der Waals surface area contributed by atoms with Gasteiger partial charge in [0.15, 0.2) is 11.5 Å². The molecule has 0 radical (unpaired) electrons. The van der Waals surface area contributed by atoms with E-state index in [1.165, 1.54) is 17.7 Å². The van der Waals surface area contributed by atoms with Crippen LogP contribution in [0.1, 0.15) is 36.8 Å². The standard InChI is InChI=1S/C20H24O4/c21-18-12-11-16(14-19(18)22)13-17(20(23)24)10-6-2-5-9-15-7-3-1-4-8-15/h1,3-4,7-8,11-12,14,17,21-22H,2,5-6,9-10,13H2,(H,23,24). The number of hydrogen-bond acceptors (Lipinski definition) is 3. The van der Waals surface area contributed by atoms with E-state index in [1.807, 2.05) is 18.2 Å². The van der Waals surface area contributed by atoms with Crippen LogP contribution in [0.3, 0.4) is 0 Å². The minimum absolute atomic E-state index is 0.188. The van der Waals surface area contributed by atoms with Crippen molar-refractivity contribution in [2.75, 3.05) is 0 Å². The van der Waals surface area contributed by atoms with Crippen LogP contribution in [0.2, 0.25) is 0 Å². The van der Waals surface area contributed by atoms with Gasteiger partial charge in [0, 0.05) is 0 Å². The summed E-state index contributed by atoms with van der Waals surface area (Å²) in [6, 6.07) is 14.8. The van der Waals surface area contributed by atoms with Crippen LogP contribution in [0, 0.1) is 5.92 Å². The van der Waals surface area contributed by atoms with E-state index >= 15 is 0 Å². The first-order valence-corrected chi connectivity index (χ1v) is 8.34. The number of phenolic OH excluding ortho intramolecular Hbond substituents is 2. The summed E-state index contributed by atoms with van der Waals surface area (Å²) in [5, 5.41) is 28.2. The van der Waals surface area contributed by atoms with E-state index in [-0.39, 0.29) is 11.5 Å². The van der Waals surface area contributed by atoms with Crippen molar-refractivity contribution in [1.29, 1.82) is 0 Å². The monoisotopic (exact) mass is 328 g/mol. The lowest BCUT2D eigenvalue weighted by Gasteiger charge is -2.13. The first-order valence-electron chi connectivity index (χ1n) is 8.34. The maximum atomic E-state index is 11.4. The van der Waals surface area contributed by atoms with Crippen molar-refractivity contribution in [2.45, 2.75) is 38.5 Å². The molecule has 0 heterocycles. The molecule has 2 rings (SSSR count). The zero-order valence-electron chi connectivity index (χ0n) is 13.7. The Morgan fingerprint density at radius 1 is 0.875 bits per heavy atom. The molecule has 24 heavy (non-hydrogen) atoms. The van der Waals surface area contributed by atoms with Gasteiger partial charge >= 0.3 is 5.97 Å². The zero-order chi connectivity index (χ0) is 17.4. The molecule has 1 atom stereocenters. The minimum atomic E-state index is -0.814. The number of phenols is 2. The number of unbranched alkanes of at least 4 members (excludes halogenated alkanes) is 2. The van der Waals surface area contributed by atoms with E-state index in [4.69, 9.17) is 0 Å². The van der Waals surface area contributed by atoms with Crippen LogP contribution in [-0.2, 0) is 17.6 Å². The summed E-state index contributed by atoms with van der Waals surface area (Å²) >= 11 is 0. The lowest BCUT2D eigenvalue weighted by Crippen LogP contribution is -2.16. The smallest absolute Gasteiger partial charge is 0.306 e. The van der Waals surface area contributed by atoms with Gasteiger partial charge in [-0.25, -0.2) is 0 Å². The molecule has 0 aliphatic rings. The summed E-state index contributed by atoms with van der Waals surface area (Å²) in [6.45, 7) is 0. The summed E-state index contributed by atoms with van der Waals surface area (Å²) in [7, 11) is 0. The van der Waals surface area contributed by atoms with Gasteiger partial charge in [-0.15, -0.1) is 0 Å². The van der Waals surface area contributed by atoms with Crippen LogP contribution in [0.25, 0.3) is 0 Å². The topological polar surface area (TPSA) is 77.8 Å². The predicted octanol–water partition coefficient (Wildman–Crippen LogP) is 4.14. The number of aromatic hydroxyl groups is 2. The second kappa shape index (κ2) is 8.96. The quantitative estimate of drug-likeness (QED) is 0.477. The van der Waals surface area contributed by atoms with Crippen molar-refractivity contribution in [3.63, 3.8) is 0 Å². The van der Waals surface area contributed by atoms with Crippen LogP contribution in [-0.4, -0.2) is 21.3 Å². The number of carbonyl (C=O) groups is 1. The normalized spacial score (nSPS) is 12.0. The highest BCUT2D eigenvalue weighted by atomic mass is 16.4. The van der Waals surface area contributed by atoms with Gasteiger partial charge in [0.1, 0.15) is 0 Å². The highest BCUT2D eigenvalue weighted by Gasteiger charge is 2.18. The third kappa shape index (κ3) is 5.61. The Labute approximate surface area is 142 Å². The van der Waals surface area contributed by atoms with Crippen molar-refractivity contribution in [3.8, 4) is 11.5 Å². The Morgan fingerprint density at radius 3 is 2.29 bits per heavy atom. The maximum absolute atomic E-state index is 11.4. The molecule has 0 saturated heterocycles. The van der Waals surface area contributed by atoms with Crippen LogP contribution in [0.4, 0.5) is 0 Å². The van der Waals surface area contributed by atoms with Crippen LogP contribution >= 0.6 is 0 Å². The number of carboxylic acid groups (broad SMARTS) is 1. The highest BCUT2D eigenvalue weighted by molar-refractivity contribution is 5.70. The first-order chi connectivity index (χ1) is 11.6. The molecule has 128 valence electrons. The van der Waals surface area contributed by atoms with Crippen molar-refractivity contribution in [3.05, 3.63) is 59.7 Å². The van der Waals surface area contributed by atoms with Gasteiger partial charge in [0.2, 0.25) is 0 Å². The van der Waals surface area contributed by atoms with Gasteiger partial charge in [0.25, 0.3) is 0 Å². The summed E-state index contributed by atoms with van der Waals surface area (Å²) in [5.41, 5.74) is 2.04. The molecule has 0 aliphatic carbocycles. The van der Waals surface area contributed by atoms with E-state index < -0.39 is 11.9 Å². The Balaban J connectivity index is 1.76. The summed E-state index contributed by atoms with van der Waals surface area (Å²) in [4.78, 5) is 11.4. The number of benzene rings is 2. The fourth-order valence-electron chi connectivity index (χ4n) is 2.83. The maximum Gasteiger partial charge on any atom is 0.306 e. The van der Waals surface area contributed by atoms with Crippen molar-refractivity contribution in [1.82, 2.24) is 0 Å². The van der Waals surface area contributed by atoms with E-state index in [0.29, 0.717) is 12.8 Å². The number of carboxylic acids is 1. The molecule has 0 spiro atoms. The molecule has 0 bridgehead atoms. The molecule has 2 aromatic rings. The molecular weight excluding hydrogens is 304 g/mol. The third-order valence-electron chi connectivity index (χ3n) is 4.23. The second-order valence-electron chi connectivity index (χ2n) is 6.15. The van der Waals surface area contributed by atoms with Gasteiger partial charge < -0.3 is 15.3 Å². The average molecular weight is 328 g/mol. The van der Waals surface area contributed by atoms with Gasteiger partial charge in [-0.1, -0.05) is 49.2 Å². The minimum Gasteiger partial charge on any atom is -0.504 e. The van der Waals surface area contributed by atoms with E-state index in [1.54, 1.807) is 6.07 Å². The summed E-state index contributed by atoms with van der Waals surface area (Å²) in [6.07, 6.45) is 4.92. The van der Waals surface area contributed by atoms with Crippen LogP contribution < -0.4 is 0 Å². The average Bonchev–Trinajstić information content (AvgIpc) is 2.57. The van der Waals surface area contributed by atoms with E-state index in [9.17, 15) is 20.1 Å². The third-order valence-corrected chi connectivity index (χ3v) is 4.23. The Kier molecular flexibility index (Phi) is 6.67. The molecule has 0 aromatic heterocycles. The molecule has 3 N–H and O–H groups in total. The van der Waals surface area contributed by atoms with Crippen LogP contribution in [0.5, 0.6) is 11.5 Å². The second-order valence-corrected chi connectivity index (χ2v) is 6.15. The number of hydrogen-bond donors (Lipinski definition) is 3. The van der Waals surface area contributed by atoms with Crippen molar-refractivity contribution in [2.24, 2.45) is 5.92 Å². The highest BCUT2D eigenvalue weighted by Crippen LogP contribution is 2.27. The van der Waals surface area contributed by atoms with Crippen molar-refractivity contribution < 1.29 is 20.1 Å². The molecule has 0 saturated carbocycles. The fraction of sp³-hybridized carbons (Fsp3) is 0.350. The molecule has 0 aliphatic heterocycles. The predicted molar refractivity (Wildman–Crippen MR) is 93.2 cm³/mol. The molecule has 0 amide bonds. The number of aliphatic carboxylic acids is 1. The van der Waals surface area contributed by atoms with Gasteiger partial charge in [0.05, 0.1) is 5.92 Å². The van der Waals surface area contributed by atoms with Gasteiger partial charge in [-0.05, 0) is 48.9 Å². The van der Waals surface area contributed by atoms with Crippen LogP contribution in [0.15, 0.2) is 48.5 Å². The first kappa shape index (κ1) is 17.9. The summed E-state index contributed by atoms with van der Waals surface area (Å²) in [5.74, 6) is -1.68. The van der Waals surface area contributed by atoms with E-state index in [0.717, 1.165) is 31.2 Å². The van der Waals surface area contributed by atoms with E-state index in [2.05, 4.69) is 12.1 Å². The Morgan fingerprint density at radius 2 is 1.62 bits per heavy atom. The SMILES string of the molecule is O=C(O)C(CCCCCc1ccccc1)Cc1ccc(O)c(O)c1. The largest absolute Gasteiger partial charge is 0.504 e. The lowest BCUT2D eigenvalue weighted by molar-refractivity contribution is -0.142. The molecule has 4 heteroatoms. The van der Waals surface area contributed by atoms with Crippen molar-refractivity contribution >= 4 is 5.97 Å². The molecule has 0 fully saturated rings. The summed E-state index contributed by atoms with van der Waals surface area (Å²) < 4.78 is 0. The number of aryl methyl sites for hydroxylation is 1. The fourth-order valence-corrected chi connectivity index (χ4v) is 2.83. The molecular formula is C20H24O4. The Hall–Kier alpha value is -2.49. The Bertz CT molecular complexity index is 652. The van der Waals surface area contributed by atoms with Gasteiger partial charge in [-0.3, -0.25) is 4.79 Å².